The van der Waals surface area contributed by atoms with Crippen LogP contribution < -0.4 is 10.0 Å². The molecule has 0 spiro atoms. The van der Waals surface area contributed by atoms with Gasteiger partial charge < -0.3 is 5.32 Å². The Bertz CT molecular complexity index is 537. The quantitative estimate of drug-likeness (QED) is 0.859. The van der Waals surface area contributed by atoms with E-state index in [1.807, 2.05) is 5.32 Å². The summed E-state index contributed by atoms with van der Waals surface area (Å²) >= 11 is 0. The summed E-state index contributed by atoms with van der Waals surface area (Å²) in [7, 11) is -2.96. The molecule has 0 aromatic heterocycles. The van der Waals surface area contributed by atoms with Crippen LogP contribution in [0.25, 0.3) is 0 Å². The third kappa shape index (κ3) is 3.36. The molecule has 0 aliphatic carbocycles. The fourth-order valence-electron chi connectivity index (χ4n) is 1.06. The van der Waals surface area contributed by atoms with Crippen molar-refractivity contribution in [2.45, 2.75) is 11.1 Å². The molecular formula is C9H9F3N2O3S. The Kier molecular flexibility index (Phi) is 3.85. The summed E-state index contributed by atoms with van der Waals surface area (Å²) in [5.74, 6) is 0. The topological polar surface area (TPSA) is 75.3 Å². The number of carbonyl (C=O) groups excluding carboxylic acids is 1. The maximum Gasteiger partial charge on any atom is 0.416 e. The number of urea groups is 1. The van der Waals surface area contributed by atoms with Crippen LogP contribution >= 0.6 is 0 Å². The van der Waals surface area contributed by atoms with E-state index in [1.165, 1.54) is 7.05 Å². The van der Waals surface area contributed by atoms with E-state index in [1.54, 1.807) is 4.72 Å². The van der Waals surface area contributed by atoms with Crippen molar-refractivity contribution in [2.24, 2.45) is 0 Å². The second-order valence-electron chi connectivity index (χ2n) is 3.21. The minimum Gasteiger partial charge on any atom is -0.340 e. The monoisotopic (exact) mass is 282 g/mol. The van der Waals surface area contributed by atoms with Crippen molar-refractivity contribution in [3.05, 3.63) is 29.8 Å². The highest BCUT2D eigenvalue weighted by Crippen LogP contribution is 2.29. The van der Waals surface area contributed by atoms with Gasteiger partial charge in [0.15, 0.2) is 0 Å². The number of alkyl halides is 3. The highest BCUT2D eigenvalue weighted by molar-refractivity contribution is 7.90. The van der Waals surface area contributed by atoms with E-state index in [9.17, 15) is 26.4 Å². The number of sulfonamides is 1. The molecule has 0 unspecified atom stereocenters. The van der Waals surface area contributed by atoms with E-state index < -0.39 is 32.7 Å². The van der Waals surface area contributed by atoms with Crippen LogP contribution in [0.15, 0.2) is 29.2 Å². The fraction of sp³-hybridized carbons (Fsp3) is 0.222. The molecular weight excluding hydrogens is 273 g/mol. The molecule has 0 bridgehead atoms. The van der Waals surface area contributed by atoms with Crippen molar-refractivity contribution in [2.75, 3.05) is 7.05 Å². The summed E-state index contributed by atoms with van der Waals surface area (Å²) in [5.41, 5.74) is -0.971. The molecule has 2 amide bonds. The van der Waals surface area contributed by atoms with Crippen molar-refractivity contribution in [3.63, 3.8) is 0 Å². The van der Waals surface area contributed by atoms with Gasteiger partial charge >= 0.3 is 12.2 Å². The molecule has 1 rings (SSSR count). The molecule has 1 aromatic carbocycles. The van der Waals surface area contributed by atoms with Crippen molar-refractivity contribution >= 4 is 16.1 Å². The van der Waals surface area contributed by atoms with Crippen molar-refractivity contribution in [1.82, 2.24) is 10.0 Å². The summed E-state index contributed by atoms with van der Waals surface area (Å²) in [6, 6.07) is 1.81. The SMILES string of the molecule is CNC(=O)NS(=O)(=O)c1ccc(C(F)(F)F)cc1. The van der Waals surface area contributed by atoms with E-state index in [4.69, 9.17) is 0 Å². The molecule has 0 atom stereocenters. The largest absolute Gasteiger partial charge is 0.416 e. The van der Waals surface area contributed by atoms with E-state index in [0.717, 1.165) is 12.1 Å². The maximum atomic E-state index is 12.3. The van der Waals surface area contributed by atoms with Crippen molar-refractivity contribution in [1.29, 1.82) is 0 Å². The molecule has 5 nitrogen and oxygen atoms in total. The molecule has 0 heterocycles. The summed E-state index contributed by atoms with van der Waals surface area (Å²) < 4.78 is 61.4. The standard InChI is InChI=1S/C9H9F3N2O3S/c1-13-8(15)14-18(16,17)7-4-2-6(3-5-7)9(10,11)12/h2-5H,1H3,(H2,13,14,15). The molecule has 0 aliphatic heterocycles. The minimum absolute atomic E-state index is 0.431. The fourth-order valence-corrected chi connectivity index (χ4v) is 2.01. The Morgan fingerprint density at radius 3 is 2.06 bits per heavy atom. The average Bonchev–Trinajstić information content (AvgIpc) is 2.27. The molecule has 0 saturated carbocycles. The molecule has 18 heavy (non-hydrogen) atoms. The Morgan fingerprint density at radius 2 is 1.67 bits per heavy atom. The first-order chi connectivity index (χ1) is 8.16. The number of nitrogens with one attached hydrogen (secondary N) is 2. The van der Waals surface area contributed by atoms with Gasteiger partial charge in [0, 0.05) is 7.05 Å². The number of halogens is 3. The zero-order chi connectivity index (χ0) is 14.0. The zero-order valence-electron chi connectivity index (χ0n) is 9.08. The van der Waals surface area contributed by atoms with Gasteiger partial charge in [0.2, 0.25) is 0 Å². The van der Waals surface area contributed by atoms with Gasteiger partial charge in [-0.3, -0.25) is 0 Å². The predicted molar refractivity (Wildman–Crippen MR) is 56.2 cm³/mol. The van der Waals surface area contributed by atoms with E-state index in [-0.39, 0.29) is 0 Å². The van der Waals surface area contributed by atoms with Gasteiger partial charge in [0.05, 0.1) is 10.5 Å². The number of benzene rings is 1. The van der Waals surface area contributed by atoms with Crippen LogP contribution in [0.1, 0.15) is 5.56 Å². The highest BCUT2D eigenvalue weighted by atomic mass is 32.2. The lowest BCUT2D eigenvalue weighted by atomic mass is 10.2. The van der Waals surface area contributed by atoms with Gasteiger partial charge in [0.25, 0.3) is 10.0 Å². The highest BCUT2D eigenvalue weighted by Gasteiger charge is 2.30. The van der Waals surface area contributed by atoms with Gasteiger partial charge in [-0.15, -0.1) is 0 Å². The van der Waals surface area contributed by atoms with Crippen molar-refractivity contribution in [3.8, 4) is 0 Å². The summed E-state index contributed by atoms with van der Waals surface area (Å²) in [5, 5.41) is 2.02. The third-order valence-corrected chi connectivity index (χ3v) is 3.29. The molecule has 0 radical (unpaired) electrons. The average molecular weight is 282 g/mol. The predicted octanol–water partition coefficient (Wildman–Crippen LogP) is 1.32. The smallest absolute Gasteiger partial charge is 0.340 e. The Hall–Kier alpha value is -1.77. The van der Waals surface area contributed by atoms with E-state index in [2.05, 4.69) is 0 Å². The number of rotatable bonds is 2. The van der Waals surface area contributed by atoms with Crippen LogP contribution in [0.4, 0.5) is 18.0 Å². The maximum absolute atomic E-state index is 12.3. The summed E-state index contributed by atoms with van der Waals surface area (Å²) in [6.45, 7) is 0. The van der Waals surface area contributed by atoms with Crippen LogP contribution in [-0.2, 0) is 16.2 Å². The Labute approximate surface area is 101 Å². The van der Waals surface area contributed by atoms with Crippen molar-refractivity contribution < 1.29 is 26.4 Å². The summed E-state index contributed by atoms with van der Waals surface area (Å²) in [6.07, 6.45) is -4.55. The van der Waals surface area contributed by atoms with Gasteiger partial charge in [-0.2, -0.15) is 13.2 Å². The number of amides is 2. The first-order valence-electron chi connectivity index (χ1n) is 4.58. The van der Waals surface area contributed by atoms with Crippen LogP contribution in [0.5, 0.6) is 0 Å². The first kappa shape index (κ1) is 14.3. The lowest BCUT2D eigenvalue weighted by Crippen LogP contribution is -2.37. The molecule has 2 N–H and O–H groups in total. The molecule has 1 aromatic rings. The molecule has 0 aliphatic rings. The van der Waals surface area contributed by atoms with E-state index in [0.29, 0.717) is 12.1 Å². The van der Waals surface area contributed by atoms with Crippen LogP contribution in [0, 0.1) is 0 Å². The zero-order valence-corrected chi connectivity index (χ0v) is 9.89. The Morgan fingerprint density at radius 1 is 1.17 bits per heavy atom. The molecule has 0 fully saturated rings. The molecule has 100 valence electrons. The normalized spacial score (nSPS) is 12.0. The minimum atomic E-state index is -4.55. The molecule has 0 saturated heterocycles. The number of hydrogen-bond donors (Lipinski definition) is 2. The lowest BCUT2D eigenvalue weighted by Gasteiger charge is -2.09. The number of carbonyl (C=O) groups is 1. The second-order valence-corrected chi connectivity index (χ2v) is 4.89. The van der Waals surface area contributed by atoms with Gasteiger partial charge in [0.1, 0.15) is 0 Å². The van der Waals surface area contributed by atoms with Gasteiger partial charge in [-0.25, -0.2) is 17.9 Å². The lowest BCUT2D eigenvalue weighted by molar-refractivity contribution is -0.137. The first-order valence-corrected chi connectivity index (χ1v) is 6.07. The number of hydrogen-bond acceptors (Lipinski definition) is 3. The second kappa shape index (κ2) is 4.84. The van der Waals surface area contributed by atoms with E-state index >= 15 is 0 Å². The van der Waals surface area contributed by atoms with Crippen LogP contribution in [0.2, 0.25) is 0 Å². The van der Waals surface area contributed by atoms with Crippen LogP contribution in [0.3, 0.4) is 0 Å². The third-order valence-electron chi connectivity index (χ3n) is 1.95. The molecule has 9 heteroatoms. The van der Waals surface area contributed by atoms with Crippen LogP contribution in [-0.4, -0.2) is 21.5 Å². The van der Waals surface area contributed by atoms with Gasteiger partial charge in [-0.1, -0.05) is 0 Å². The van der Waals surface area contributed by atoms with Gasteiger partial charge in [-0.05, 0) is 24.3 Å². The Balaban J connectivity index is 3.02. The summed E-state index contributed by atoms with van der Waals surface area (Å²) in [4.78, 5) is 10.4.